The van der Waals surface area contributed by atoms with Crippen LogP contribution >= 0.6 is 7.14 Å². The lowest BCUT2D eigenvalue weighted by Crippen LogP contribution is -2.34. The molecule has 1 aliphatic rings. The summed E-state index contributed by atoms with van der Waals surface area (Å²) in [5.41, 5.74) is -0.343. The molecule has 1 unspecified atom stereocenters. The minimum atomic E-state index is -3.07. The van der Waals surface area contributed by atoms with Gasteiger partial charge in [0, 0.05) is 11.8 Å². The van der Waals surface area contributed by atoms with Crippen molar-refractivity contribution in [3.05, 3.63) is 56.6 Å². The molecule has 24 heavy (non-hydrogen) atoms. The largest absolute Gasteiger partial charge is 0.388 e. The number of allylic oxidation sites excluding steroid dienone is 3. The van der Waals surface area contributed by atoms with Gasteiger partial charge >= 0.3 is 5.69 Å². The van der Waals surface area contributed by atoms with Crippen LogP contribution in [-0.2, 0) is 4.57 Å². The molecule has 0 amide bonds. The number of H-pyrrole nitrogens is 1. The molecular weight excluding hydrogens is 331 g/mol. The highest BCUT2D eigenvalue weighted by Crippen LogP contribution is 2.45. The lowest BCUT2D eigenvalue weighted by atomic mass is 9.83. The fraction of sp³-hybridized carbons (Fsp3) is 0.500. The third-order valence-corrected chi connectivity index (χ3v) is 6.06. The first-order valence-electron chi connectivity index (χ1n) is 7.79. The zero-order chi connectivity index (χ0) is 17.9. The Labute approximate surface area is 139 Å². The first kappa shape index (κ1) is 18.6. The number of aromatic nitrogens is 2. The Kier molecular flexibility index (Phi) is 5.80. The molecule has 3 N–H and O–H groups in total. The predicted molar refractivity (Wildman–Crippen MR) is 92.4 cm³/mol. The summed E-state index contributed by atoms with van der Waals surface area (Å²) in [4.78, 5) is 25.7. The van der Waals surface area contributed by atoms with Crippen LogP contribution in [0, 0.1) is 18.8 Å². The molecule has 3 atom stereocenters. The number of nitrogens with one attached hydrogen (secondary N) is 1. The molecule has 0 radical (unpaired) electrons. The molecule has 0 saturated heterocycles. The second kappa shape index (κ2) is 7.47. The van der Waals surface area contributed by atoms with E-state index in [1.807, 2.05) is 19.1 Å². The Bertz CT molecular complexity index is 799. The van der Waals surface area contributed by atoms with Crippen LogP contribution in [0.1, 0.15) is 24.9 Å². The predicted octanol–water partition coefficient (Wildman–Crippen LogP) is 1.37. The first-order chi connectivity index (χ1) is 11.3. The zero-order valence-corrected chi connectivity index (χ0v) is 14.6. The number of aliphatic hydroxyl groups excluding tert-OH is 2. The quantitative estimate of drug-likeness (QED) is 0.546. The Hall–Kier alpha value is -1.69. The molecule has 8 heteroatoms. The summed E-state index contributed by atoms with van der Waals surface area (Å²) in [6, 6.07) is -0.157. The van der Waals surface area contributed by atoms with E-state index in [-0.39, 0.29) is 23.4 Å². The van der Waals surface area contributed by atoms with Crippen molar-refractivity contribution in [3.63, 3.8) is 0 Å². The maximum Gasteiger partial charge on any atom is 0.328 e. The van der Waals surface area contributed by atoms with E-state index in [0.717, 1.165) is 0 Å². The van der Waals surface area contributed by atoms with Crippen LogP contribution < -0.4 is 11.2 Å². The Balaban J connectivity index is 2.23. The van der Waals surface area contributed by atoms with Crippen LogP contribution in [0.5, 0.6) is 0 Å². The summed E-state index contributed by atoms with van der Waals surface area (Å²) >= 11 is 0. The van der Waals surface area contributed by atoms with Crippen molar-refractivity contribution in [2.24, 2.45) is 11.8 Å². The molecule has 0 aliphatic heterocycles. The van der Waals surface area contributed by atoms with Crippen molar-refractivity contribution in [2.75, 3.05) is 12.7 Å². The van der Waals surface area contributed by atoms with Crippen LogP contribution in [0.3, 0.4) is 0 Å². The van der Waals surface area contributed by atoms with Crippen LogP contribution in [0.4, 0.5) is 0 Å². The van der Waals surface area contributed by atoms with Gasteiger partial charge in [-0.3, -0.25) is 14.3 Å². The molecule has 0 fully saturated rings. The molecule has 1 aromatic heterocycles. The lowest BCUT2D eigenvalue weighted by Gasteiger charge is -2.28. The second-order valence-electron chi connectivity index (χ2n) is 6.30. The number of aliphatic hydroxyl groups is 2. The van der Waals surface area contributed by atoms with Crippen molar-refractivity contribution < 1.29 is 14.8 Å². The summed E-state index contributed by atoms with van der Waals surface area (Å²) in [6.07, 6.45) is 6.67. The topological polar surface area (TPSA) is 112 Å². The summed E-state index contributed by atoms with van der Waals surface area (Å²) in [7, 11) is -3.07. The standard InChI is InChI=1S/C16H23N2O5P/c1-11-7-14(18-8-12(2)15(21)17-16(18)22)4-3-13(11)5-6-24(23,9-19)10-20/h3-6,8,11,13-14,19-20H,7,9-10H2,1-2H3,(H,17,21,22)/b6-5+/t11-,13?,14+/m0/s1. The van der Waals surface area contributed by atoms with Crippen molar-refractivity contribution >= 4 is 7.14 Å². The summed E-state index contributed by atoms with van der Waals surface area (Å²) in [5, 5.41) is 18.2. The number of nitrogens with zero attached hydrogens (tertiary/aromatic N) is 1. The van der Waals surface area contributed by atoms with Crippen molar-refractivity contribution in [2.45, 2.75) is 26.3 Å². The molecule has 0 bridgehead atoms. The lowest BCUT2D eigenvalue weighted by molar-refractivity contribution is 0.327. The second-order valence-corrected chi connectivity index (χ2v) is 9.07. The van der Waals surface area contributed by atoms with E-state index >= 15 is 0 Å². The van der Waals surface area contributed by atoms with Crippen LogP contribution in [0.15, 0.2) is 39.8 Å². The third-order valence-electron chi connectivity index (χ3n) is 4.39. The molecular formula is C16H23N2O5P. The van der Waals surface area contributed by atoms with Crippen molar-refractivity contribution in [1.29, 1.82) is 0 Å². The number of hydrogen-bond donors (Lipinski definition) is 3. The van der Waals surface area contributed by atoms with Gasteiger partial charge < -0.3 is 14.8 Å². The van der Waals surface area contributed by atoms with E-state index in [9.17, 15) is 14.2 Å². The van der Waals surface area contributed by atoms with E-state index in [4.69, 9.17) is 10.2 Å². The normalized spacial score (nSPS) is 24.6. The summed E-state index contributed by atoms with van der Waals surface area (Å²) in [6.45, 7) is 3.66. The van der Waals surface area contributed by atoms with Crippen LogP contribution in [0.25, 0.3) is 0 Å². The molecule has 132 valence electrons. The Morgan fingerprint density at radius 2 is 2.00 bits per heavy atom. The maximum absolute atomic E-state index is 12.0. The maximum atomic E-state index is 12.0. The van der Waals surface area contributed by atoms with E-state index in [0.29, 0.717) is 12.0 Å². The highest BCUT2D eigenvalue weighted by atomic mass is 31.2. The van der Waals surface area contributed by atoms with E-state index in [2.05, 4.69) is 4.98 Å². The van der Waals surface area contributed by atoms with Crippen molar-refractivity contribution in [3.8, 4) is 0 Å². The Morgan fingerprint density at radius 1 is 1.33 bits per heavy atom. The smallest absolute Gasteiger partial charge is 0.328 e. The average Bonchev–Trinajstić information content (AvgIpc) is 2.56. The number of rotatable bonds is 5. The fourth-order valence-corrected chi connectivity index (χ4v) is 3.54. The average molecular weight is 354 g/mol. The van der Waals surface area contributed by atoms with Gasteiger partial charge in [-0.25, -0.2) is 4.79 Å². The van der Waals surface area contributed by atoms with E-state index < -0.39 is 25.5 Å². The number of hydrogen-bond acceptors (Lipinski definition) is 5. The summed E-state index contributed by atoms with van der Waals surface area (Å²) < 4.78 is 13.5. The van der Waals surface area contributed by atoms with Crippen LogP contribution in [-0.4, -0.2) is 32.5 Å². The minimum absolute atomic E-state index is 0.00670. The highest BCUT2D eigenvalue weighted by molar-refractivity contribution is 7.66. The van der Waals surface area contributed by atoms with Gasteiger partial charge in [0.15, 0.2) is 7.14 Å². The summed E-state index contributed by atoms with van der Waals surface area (Å²) in [5.74, 6) is 1.59. The van der Waals surface area contributed by atoms with Gasteiger partial charge in [-0.05, 0) is 31.0 Å². The minimum Gasteiger partial charge on any atom is -0.388 e. The Morgan fingerprint density at radius 3 is 2.58 bits per heavy atom. The highest BCUT2D eigenvalue weighted by Gasteiger charge is 2.24. The molecule has 1 heterocycles. The first-order valence-corrected chi connectivity index (χ1v) is 9.93. The molecule has 1 aliphatic carbocycles. The fourth-order valence-electron chi connectivity index (χ4n) is 2.75. The van der Waals surface area contributed by atoms with E-state index in [1.165, 1.54) is 10.4 Å². The third kappa shape index (κ3) is 4.04. The molecule has 0 aromatic carbocycles. The van der Waals surface area contributed by atoms with Gasteiger partial charge in [-0.15, -0.1) is 0 Å². The zero-order valence-electron chi connectivity index (χ0n) is 13.8. The van der Waals surface area contributed by atoms with Gasteiger partial charge in [0.05, 0.1) is 6.04 Å². The molecule has 7 nitrogen and oxygen atoms in total. The number of aryl methyl sites for hydroxylation is 1. The van der Waals surface area contributed by atoms with Crippen molar-refractivity contribution in [1.82, 2.24) is 9.55 Å². The monoisotopic (exact) mass is 354 g/mol. The van der Waals surface area contributed by atoms with Crippen LogP contribution in [0.2, 0.25) is 0 Å². The van der Waals surface area contributed by atoms with Gasteiger partial charge in [-0.1, -0.05) is 25.2 Å². The number of aromatic amines is 1. The molecule has 0 spiro atoms. The van der Waals surface area contributed by atoms with Gasteiger partial charge in [0.1, 0.15) is 12.7 Å². The van der Waals surface area contributed by atoms with Gasteiger partial charge in [-0.2, -0.15) is 0 Å². The van der Waals surface area contributed by atoms with Gasteiger partial charge in [0.2, 0.25) is 0 Å². The molecule has 2 rings (SSSR count). The molecule has 1 aromatic rings. The molecule has 0 saturated carbocycles. The SMILES string of the molecule is Cc1cn([C@@H]2C=CC(/C=C/P(=O)(CO)CO)[C@@H](C)C2)c(=O)[nH]c1=O. The van der Waals surface area contributed by atoms with Gasteiger partial charge in [0.25, 0.3) is 5.56 Å². The van der Waals surface area contributed by atoms with E-state index in [1.54, 1.807) is 19.2 Å².